The Morgan fingerprint density at radius 1 is 1.35 bits per heavy atom. The normalized spacial score (nSPS) is 24.4. The Morgan fingerprint density at radius 3 is 2.90 bits per heavy atom. The van der Waals surface area contributed by atoms with Crippen LogP contribution >= 0.6 is 0 Å². The number of fused-ring (bicyclic) bond motifs is 1. The Kier molecular flexibility index (Phi) is 3.66. The molecule has 1 saturated heterocycles. The highest BCUT2D eigenvalue weighted by atomic mass is 16.5. The highest BCUT2D eigenvalue weighted by molar-refractivity contribution is 5.80. The molecule has 108 valence electrons. The summed E-state index contributed by atoms with van der Waals surface area (Å²) in [6.07, 6.45) is 2.75. The number of amides is 1. The van der Waals surface area contributed by atoms with E-state index in [9.17, 15) is 4.79 Å². The van der Waals surface area contributed by atoms with Crippen LogP contribution in [0.3, 0.4) is 0 Å². The van der Waals surface area contributed by atoms with Gasteiger partial charge < -0.3 is 15.4 Å². The lowest BCUT2D eigenvalue weighted by molar-refractivity contribution is -0.128. The average Bonchev–Trinajstić information content (AvgIpc) is 2.47. The molecule has 2 aliphatic heterocycles. The summed E-state index contributed by atoms with van der Waals surface area (Å²) in [6.45, 7) is 4.57. The first-order chi connectivity index (χ1) is 9.66. The van der Waals surface area contributed by atoms with E-state index in [-0.39, 0.29) is 17.4 Å². The predicted octanol–water partition coefficient (Wildman–Crippen LogP) is 1.50. The molecule has 0 bridgehead atoms. The maximum Gasteiger partial charge on any atom is 0.227 e. The van der Waals surface area contributed by atoms with Gasteiger partial charge in [-0.25, -0.2) is 0 Å². The molecule has 1 aromatic rings. The minimum Gasteiger partial charge on any atom is -0.492 e. The van der Waals surface area contributed by atoms with Crippen molar-refractivity contribution in [3.8, 4) is 5.75 Å². The van der Waals surface area contributed by atoms with Crippen LogP contribution in [0, 0.1) is 5.92 Å². The smallest absolute Gasteiger partial charge is 0.227 e. The summed E-state index contributed by atoms with van der Waals surface area (Å²) in [6, 6.07) is 7.98. The first-order valence-electron chi connectivity index (χ1n) is 7.40. The van der Waals surface area contributed by atoms with Crippen LogP contribution < -0.4 is 15.4 Å². The van der Waals surface area contributed by atoms with Crippen LogP contribution in [0.1, 0.15) is 25.3 Å². The van der Waals surface area contributed by atoms with Crippen molar-refractivity contribution in [2.24, 2.45) is 5.92 Å². The number of rotatable bonds is 2. The van der Waals surface area contributed by atoms with Gasteiger partial charge in [0.1, 0.15) is 12.4 Å². The third kappa shape index (κ3) is 2.80. The largest absolute Gasteiger partial charge is 0.492 e. The van der Waals surface area contributed by atoms with E-state index < -0.39 is 0 Å². The van der Waals surface area contributed by atoms with Crippen LogP contribution in [-0.2, 0) is 11.2 Å². The first-order valence-corrected chi connectivity index (χ1v) is 7.40. The molecule has 20 heavy (non-hydrogen) atoms. The first kappa shape index (κ1) is 13.4. The van der Waals surface area contributed by atoms with Crippen molar-refractivity contribution in [3.63, 3.8) is 0 Å². The van der Waals surface area contributed by atoms with Gasteiger partial charge >= 0.3 is 0 Å². The zero-order valence-corrected chi connectivity index (χ0v) is 11.9. The number of piperidine rings is 1. The third-order valence-corrected chi connectivity index (χ3v) is 4.38. The van der Waals surface area contributed by atoms with Crippen molar-refractivity contribution in [2.45, 2.75) is 31.7 Å². The second-order valence-corrected chi connectivity index (χ2v) is 6.12. The molecule has 4 nitrogen and oxygen atoms in total. The maximum atomic E-state index is 12.5. The molecule has 2 aliphatic rings. The Hall–Kier alpha value is -1.55. The average molecular weight is 274 g/mol. The van der Waals surface area contributed by atoms with Crippen molar-refractivity contribution in [2.75, 3.05) is 19.7 Å². The molecule has 0 aromatic heterocycles. The van der Waals surface area contributed by atoms with E-state index in [4.69, 9.17) is 4.74 Å². The van der Waals surface area contributed by atoms with Gasteiger partial charge in [-0.2, -0.15) is 0 Å². The molecule has 0 saturated carbocycles. The van der Waals surface area contributed by atoms with Crippen molar-refractivity contribution in [1.82, 2.24) is 10.6 Å². The molecule has 4 heteroatoms. The summed E-state index contributed by atoms with van der Waals surface area (Å²) in [5.74, 6) is 0.977. The van der Waals surface area contributed by atoms with Gasteiger partial charge in [-0.05, 0) is 50.9 Å². The molecule has 1 atom stereocenters. The second-order valence-electron chi connectivity index (χ2n) is 6.12. The fraction of sp³-hybridized carbons (Fsp3) is 0.562. The summed E-state index contributed by atoms with van der Waals surface area (Å²) in [4.78, 5) is 12.5. The zero-order chi connectivity index (χ0) is 14.0. The highest BCUT2D eigenvalue weighted by Crippen LogP contribution is 2.27. The lowest BCUT2D eigenvalue weighted by Crippen LogP contribution is -2.54. The van der Waals surface area contributed by atoms with Gasteiger partial charge in [-0.3, -0.25) is 4.79 Å². The molecule has 2 N–H and O–H groups in total. The number of carbonyl (C=O) groups is 1. The van der Waals surface area contributed by atoms with Gasteiger partial charge in [0.25, 0.3) is 0 Å². The van der Waals surface area contributed by atoms with Gasteiger partial charge in [-0.1, -0.05) is 18.2 Å². The summed E-state index contributed by atoms with van der Waals surface area (Å²) in [5.41, 5.74) is 1.06. The van der Waals surface area contributed by atoms with E-state index in [1.54, 1.807) is 0 Å². The Morgan fingerprint density at radius 2 is 2.10 bits per heavy atom. The van der Waals surface area contributed by atoms with E-state index in [1.165, 1.54) is 0 Å². The van der Waals surface area contributed by atoms with Crippen LogP contribution in [0.25, 0.3) is 0 Å². The predicted molar refractivity (Wildman–Crippen MR) is 77.8 cm³/mol. The van der Waals surface area contributed by atoms with Crippen LogP contribution in [0.4, 0.5) is 0 Å². The molecule has 0 spiro atoms. The number of ether oxygens (including phenoxy) is 1. The molecule has 2 heterocycles. The molecular weight excluding hydrogens is 252 g/mol. The van der Waals surface area contributed by atoms with Gasteiger partial charge in [0, 0.05) is 5.54 Å². The van der Waals surface area contributed by atoms with E-state index in [0.29, 0.717) is 6.61 Å². The molecular formula is C16H22N2O2. The second kappa shape index (κ2) is 5.44. The number of nitrogens with one attached hydrogen (secondary N) is 2. The quantitative estimate of drug-likeness (QED) is 0.859. The number of hydrogen-bond donors (Lipinski definition) is 2. The molecule has 1 amide bonds. The summed E-state index contributed by atoms with van der Waals surface area (Å²) in [7, 11) is 0. The molecule has 1 fully saturated rings. The number of carbonyl (C=O) groups excluding carboxylic acids is 1. The fourth-order valence-electron chi connectivity index (χ4n) is 3.00. The topological polar surface area (TPSA) is 50.4 Å². The Bertz CT molecular complexity index is 495. The SMILES string of the molecule is CC1(NC(=O)C2COc3ccccc3C2)CCNCC1. The molecule has 3 rings (SSSR count). The zero-order valence-electron chi connectivity index (χ0n) is 11.9. The molecule has 1 unspecified atom stereocenters. The third-order valence-electron chi connectivity index (χ3n) is 4.38. The van der Waals surface area contributed by atoms with Crippen LogP contribution in [0.15, 0.2) is 24.3 Å². The maximum absolute atomic E-state index is 12.5. The highest BCUT2D eigenvalue weighted by Gasteiger charge is 2.33. The Balaban J connectivity index is 1.64. The van der Waals surface area contributed by atoms with E-state index >= 15 is 0 Å². The molecule has 0 aliphatic carbocycles. The summed E-state index contributed by atoms with van der Waals surface area (Å²) >= 11 is 0. The van der Waals surface area contributed by atoms with Gasteiger partial charge in [0.05, 0.1) is 5.92 Å². The van der Waals surface area contributed by atoms with Crippen LogP contribution in [0.5, 0.6) is 5.75 Å². The summed E-state index contributed by atoms with van der Waals surface area (Å²) < 4.78 is 5.71. The van der Waals surface area contributed by atoms with Gasteiger partial charge in [0.15, 0.2) is 0 Å². The van der Waals surface area contributed by atoms with E-state index in [1.807, 2.05) is 24.3 Å². The standard InChI is InChI=1S/C16H22N2O2/c1-16(6-8-17-9-7-16)18-15(19)13-10-12-4-2-3-5-14(12)20-11-13/h2-5,13,17H,6-11H2,1H3,(H,18,19). The minimum absolute atomic E-state index is 0.0701. The van der Waals surface area contributed by atoms with Crippen LogP contribution in [0.2, 0.25) is 0 Å². The molecule has 1 aromatic carbocycles. The van der Waals surface area contributed by atoms with Gasteiger partial charge in [0.2, 0.25) is 5.91 Å². The number of para-hydroxylation sites is 1. The lowest BCUT2D eigenvalue weighted by atomic mass is 9.88. The van der Waals surface area contributed by atoms with Crippen molar-refractivity contribution < 1.29 is 9.53 Å². The number of benzene rings is 1. The molecule has 0 radical (unpaired) electrons. The Labute approximate surface area is 119 Å². The number of hydrogen-bond acceptors (Lipinski definition) is 3. The van der Waals surface area contributed by atoms with E-state index in [0.717, 1.165) is 43.7 Å². The lowest BCUT2D eigenvalue weighted by Gasteiger charge is -2.36. The fourth-order valence-corrected chi connectivity index (χ4v) is 3.00. The van der Waals surface area contributed by atoms with E-state index in [2.05, 4.69) is 17.6 Å². The monoisotopic (exact) mass is 274 g/mol. The van der Waals surface area contributed by atoms with Gasteiger partial charge in [-0.15, -0.1) is 0 Å². The van der Waals surface area contributed by atoms with Crippen molar-refractivity contribution >= 4 is 5.91 Å². The summed E-state index contributed by atoms with van der Waals surface area (Å²) in [5, 5.41) is 6.57. The van der Waals surface area contributed by atoms with Crippen LogP contribution in [-0.4, -0.2) is 31.1 Å². The minimum atomic E-state index is -0.0726. The van der Waals surface area contributed by atoms with Crippen molar-refractivity contribution in [3.05, 3.63) is 29.8 Å². The van der Waals surface area contributed by atoms with Crippen molar-refractivity contribution in [1.29, 1.82) is 0 Å².